The fourth-order valence-electron chi connectivity index (χ4n) is 1.29. The highest BCUT2D eigenvalue weighted by Crippen LogP contribution is 2.32. The van der Waals surface area contributed by atoms with Crippen LogP contribution in [0.2, 0.25) is 0 Å². The van der Waals surface area contributed by atoms with Crippen LogP contribution in [-0.4, -0.2) is 11.7 Å². The Hall–Kier alpha value is -1.14. The SMILES string of the molecule is NCCC(O)c1cc(C(F)(F)F)ccc1F. The predicted molar refractivity (Wildman–Crippen MR) is 50.0 cm³/mol. The van der Waals surface area contributed by atoms with Gasteiger partial charge in [0.1, 0.15) is 5.82 Å². The zero-order chi connectivity index (χ0) is 12.3. The molecule has 90 valence electrons. The number of benzene rings is 1. The van der Waals surface area contributed by atoms with Crippen LogP contribution in [0.25, 0.3) is 0 Å². The standard InChI is InChI=1S/C10H11F4NO/c11-8-2-1-6(10(12,13)14)5-7(8)9(16)3-4-15/h1-2,5,9,16H,3-4,15H2. The van der Waals surface area contributed by atoms with Crippen molar-refractivity contribution in [3.63, 3.8) is 0 Å². The lowest BCUT2D eigenvalue weighted by atomic mass is 10.0. The largest absolute Gasteiger partial charge is 0.416 e. The van der Waals surface area contributed by atoms with Crippen molar-refractivity contribution in [3.8, 4) is 0 Å². The second-order valence-corrected chi connectivity index (χ2v) is 3.33. The number of hydrogen-bond acceptors (Lipinski definition) is 2. The Morgan fingerprint density at radius 1 is 1.31 bits per heavy atom. The minimum absolute atomic E-state index is 0.0121. The van der Waals surface area contributed by atoms with Gasteiger partial charge in [0.05, 0.1) is 11.7 Å². The van der Waals surface area contributed by atoms with Crippen molar-refractivity contribution in [3.05, 3.63) is 35.1 Å². The first-order valence-corrected chi connectivity index (χ1v) is 4.61. The Labute approximate surface area is 89.7 Å². The van der Waals surface area contributed by atoms with Gasteiger partial charge in [0.2, 0.25) is 0 Å². The van der Waals surface area contributed by atoms with Crippen LogP contribution in [0.3, 0.4) is 0 Å². The van der Waals surface area contributed by atoms with Gasteiger partial charge in [-0.3, -0.25) is 0 Å². The van der Waals surface area contributed by atoms with Crippen molar-refractivity contribution >= 4 is 0 Å². The van der Waals surface area contributed by atoms with Gasteiger partial charge in [-0.1, -0.05) is 0 Å². The maximum absolute atomic E-state index is 13.2. The highest BCUT2D eigenvalue weighted by Gasteiger charge is 2.31. The lowest BCUT2D eigenvalue weighted by molar-refractivity contribution is -0.137. The molecule has 0 heterocycles. The second kappa shape index (κ2) is 4.80. The molecule has 0 saturated heterocycles. The molecule has 1 rings (SSSR count). The van der Waals surface area contributed by atoms with E-state index in [4.69, 9.17) is 5.73 Å². The monoisotopic (exact) mass is 237 g/mol. The molecule has 6 heteroatoms. The van der Waals surface area contributed by atoms with Crippen LogP contribution in [0, 0.1) is 5.82 Å². The summed E-state index contributed by atoms with van der Waals surface area (Å²) in [6.07, 6.45) is -5.85. The van der Waals surface area contributed by atoms with E-state index in [1.54, 1.807) is 0 Å². The zero-order valence-corrected chi connectivity index (χ0v) is 8.26. The van der Waals surface area contributed by atoms with Crippen molar-refractivity contribution in [1.82, 2.24) is 0 Å². The molecule has 0 bridgehead atoms. The zero-order valence-electron chi connectivity index (χ0n) is 8.26. The number of hydrogen-bond donors (Lipinski definition) is 2. The van der Waals surface area contributed by atoms with Gasteiger partial charge in [0, 0.05) is 5.56 Å². The van der Waals surface area contributed by atoms with Gasteiger partial charge in [-0.05, 0) is 31.2 Å². The van der Waals surface area contributed by atoms with Gasteiger partial charge >= 0.3 is 6.18 Å². The Morgan fingerprint density at radius 2 is 1.94 bits per heavy atom. The smallest absolute Gasteiger partial charge is 0.388 e. The van der Waals surface area contributed by atoms with E-state index in [0.29, 0.717) is 18.2 Å². The van der Waals surface area contributed by atoms with Gasteiger partial charge in [0.25, 0.3) is 0 Å². The lowest BCUT2D eigenvalue weighted by Crippen LogP contribution is -2.11. The summed E-state index contributed by atoms with van der Waals surface area (Å²) in [5, 5.41) is 9.40. The van der Waals surface area contributed by atoms with Crippen LogP contribution in [0.15, 0.2) is 18.2 Å². The predicted octanol–water partition coefficient (Wildman–Crippen LogP) is 2.23. The molecule has 0 aliphatic heterocycles. The number of nitrogens with two attached hydrogens (primary N) is 1. The molecule has 1 aromatic carbocycles. The Balaban J connectivity index is 3.09. The number of aliphatic hydroxyl groups is 1. The molecule has 0 spiro atoms. The van der Waals surface area contributed by atoms with E-state index in [0.717, 1.165) is 0 Å². The molecule has 1 aromatic rings. The Bertz CT molecular complexity index is 364. The number of aliphatic hydroxyl groups excluding tert-OH is 1. The topological polar surface area (TPSA) is 46.2 Å². The second-order valence-electron chi connectivity index (χ2n) is 3.33. The molecule has 3 N–H and O–H groups in total. The van der Waals surface area contributed by atoms with E-state index >= 15 is 0 Å². The molecule has 2 nitrogen and oxygen atoms in total. The van der Waals surface area contributed by atoms with Gasteiger partial charge < -0.3 is 10.8 Å². The summed E-state index contributed by atoms with van der Waals surface area (Å²) < 4.78 is 50.1. The van der Waals surface area contributed by atoms with E-state index in [1.165, 1.54) is 0 Å². The van der Waals surface area contributed by atoms with Crippen LogP contribution < -0.4 is 5.73 Å². The molecule has 0 radical (unpaired) electrons. The molecule has 0 aliphatic carbocycles. The molecule has 0 amide bonds. The van der Waals surface area contributed by atoms with Gasteiger partial charge in [-0.25, -0.2) is 4.39 Å². The average molecular weight is 237 g/mol. The molecule has 1 atom stereocenters. The molecule has 0 saturated carbocycles. The van der Waals surface area contributed by atoms with E-state index in [2.05, 4.69) is 0 Å². The van der Waals surface area contributed by atoms with E-state index in [-0.39, 0.29) is 18.5 Å². The van der Waals surface area contributed by atoms with Crippen molar-refractivity contribution in [2.24, 2.45) is 5.73 Å². The highest BCUT2D eigenvalue weighted by atomic mass is 19.4. The maximum Gasteiger partial charge on any atom is 0.416 e. The van der Waals surface area contributed by atoms with Crippen molar-refractivity contribution in [2.45, 2.75) is 18.7 Å². The fraction of sp³-hybridized carbons (Fsp3) is 0.400. The van der Waals surface area contributed by atoms with Crippen LogP contribution in [-0.2, 0) is 6.18 Å². The fourth-order valence-corrected chi connectivity index (χ4v) is 1.29. The minimum Gasteiger partial charge on any atom is -0.388 e. The number of halogens is 4. The quantitative estimate of drug-likeness (QED) is 0.792. The first-order chi connectivity index (χ1) is 7.36. The third-order valence-electron chi connectivity index (χ3n) is 2.12. The summed E-state index contributed by atoms with van der Waals surface area (Å²) >= 11 is 0. The summed E-state index contributed by atoms with van der Waals surface area (Å²) in [5.41, 5.74) is 3.78. The normalized spacial score (nSPS) is 13.9. The first kappa shape index (κ1) is 12.9. The van der Waals surface area contributed by atoms with E-state index < -0.39 is 23.7 Å². The third-order valence-corrected chi connectivity index (χ3v) is 2.12. The molecule has 0 aliphatic rings. The molecular weight excluding hydrogens is 226 g/mol. The van der Waals surface area contributed by atoms with Crippen molar-refractivity contribution in [2.75, 3.05) is 6.54 Å². The molecule has 1 unspecified atom stereocenters. The van der Waals surface area contributed by atoms with Crippen LogP contribution in [0.1, 0.15) is 23.7 Å². The molecular formula is C10H11F4NO. The van der Waals surface area contributed by atoms with Crippen molar-refractivity contribution < 1.29 is 22.7 Å². The van der Waals surface area contributed by atoms with E-state index in [1.807, 2.05) is 0 Å². The van der Waals surface area contributed by atoms with Gasteiger partial charge in [-0.2, -0.15) is 13.2 Å². The summed E-state index contributed by atoms with van der Waals surface area (Å²) in [4.78, 5) is 0. The van der Waals surface area contributed by atoms with Crippen LogP contribution >= 0.6 is 0 Å². The lowest BCUT2D eigenvalue weighted by Gasteiger charge is -2.13. The van der Waals surface area contributed by atoms with Crippen LogP contribution in [0.4, 0.5) is 17.6 Å². The summed E-state index contributed by atoms with van der Waals surface area (Å²) in [6, 6.07) is 1.93. The highest BCUT2D eigenvalue weighted by molar-refractivity contribution is 5.28. The van der Waals surface area contributed by atoms with Crippen molar-refractivity contribution in [1.29, 1.82) is 0 Å². The molecule has 16 heavy (non-hydrogen) atoms. The Kier molecular flexibility index (Phi) is 3.88. The maximum atomic E-state index is 13.2. The third kappa shape index (κ3) is 2.93. The van der Waals surface area contributed by atoms with Gasteiger partial charge in [0.15, 0.2) is 0 Å². The van der Waals surface area contributed by atoms with Crippen LogP contribution in [0.5, 0.6) is 0 Å². The summed E-state index contributed by atoms with van der Waals surface area (Å²) in [6.45, 7) is 0.0663. The molecule has 0 aromatic heterocycles. The van der Waals surface area contributed by atoms with E-state index in [9.17, 15) is 22.7 Å². The summed E-state index contributed by atoms with van der Waals surface area (Å²) in [5.74, 6) is -0.867. The minimum atomic E-state index is -4.55. The first-order valence-electron chi connectivity index (χ1n) is 4.61. The number of alkyl halides is 3. The molecule has 0 fully saturated rings. The average Bonchev–Trinajstić information content (AvgIpc) is 2.16. The van der Waals surface area contributed by atoms with Gasteiger partial charge in [-0.15, -0.1) is 0 Å². The Morgan fingerprint density at radius 3 is 2.44 bits per heavy atom. The number of rotatable bonds is 3. The summed E-state index contributed by atoms with van der Waals surface area (Å²) in [7, 11) is 0.